The van der Waals surface area contributed by atoms with E-state index >= 15 is 0 Å². The van der Waals surface area contributed by atoms with Gasteiger partial charge in [0.05, 0.1) is 11.7 Å². The van der Waals surface area contributed by atoms with Crippen LogP contribution in [0.3, 0.4) is 0 Å². The van der Waals surface area contributed by atoms with Gasteiger partial charge < -0.3 is 14.4 Å². The van der Waals surface area contributed by atoms with Crippen molar-refractivity contribution in [1.29, 1.82) is 0 Å². The minimum absolute atomic E-state index is 0.200. The lowest BCUT2D eigenvalue weighted by molar-refractivity contribution is -0.137. The lowest BCUT2D eigenvalue weighted by Crippen LogP contribution is -2.35. The summed E-state index contributed by atoms with van der Waals surface area (Å²) in [5.74, 6) is 1.31. The molecule has 0 unspecified atom stereocenters. The van der Waals surface area contributed by atoms with E-state index in [2.05, 4.69) is 35.6 Å². The number of alkyl halides is 3. The van der Waals surface area contributed by atoms with Crippen LogP contribution in [-0.4, -0.2) is 33.8 Å². The Bertz CT molecular complexity index is 1080. The van der Waals surface area contributed by atoms with Gasteiger partial charge in [0.2, 0.25) is 0 Å². The highest BCUT2D eigenvalue weighted by molar-refractivity contribution is 5.85. The number of likely N-dealkylation sites (tertiary alicyclic amines) is 1. The van der Waals surface area contributed by atoms with Crippen LogP contribution in [0.5, 0.6) is 5.75 Å². The van der Waals surface area contributed by atoms with Crippen molar-refractivity contribution in [2.45, 2.75) is 65.1 Å². The van der Waals surface area contributed by atoms with Gasteiger partial charge in [-0.2, -0.15) is 13.2 Å². The molecule has 184 valence electrons. The molecule has 2 aromatic carbocycles. The van der Waals surface area contributed by atoms with Gasteiger partial charge in [-0.1, -0.05) is 26.0 Å². The van der Waals surface area contributed by atoms with Crippen molar-refractivity contribution in [3.8, 4) is 5.75 Å². The summed E-state index contributed by atoms with van der Waals surface area (Å²) in [5.41, 5.74) is 2.43. The van der Waals surface area contributed by atoms with Gasteiger partial charge in [-0.3, -0.25) is 4.90 Å². The number of aliphatic hydroxyl groups excluding tert-OH is 1. The molecule has 2 heterocycles. The zero-order valence-corrected chi connectivity index (χ0v) is 19.8. The summed E-state index contributed by atoms with van der Waals surface area (Å²) in [5, 5.41) is 11.0. The SMILES string of the molecule is CC(C)CCn1cc(CN2CCC(O)CC2)c2cc(OCc3ccc(C(F)(F)F)cc3)ccc21. The zero-order valence-electron chi connectivity index (χ0n) is 19.8. The van der Waals surface area contributed by atoms with E-state index in [9.17, 15) is 18.3 Å². The average Bonchev–Trinajstić information content (AvgIpc) is 3.14. The molecule has 0 bridgehead atoms. The molecule has 1 aliphatic rings. The first-order valence-electron chi connectivity index (χ1n) is 12.0. The van der Waals surface area contributed by atoms with Crippen LogP contribution in [-0.2, 0) is 25.9 Å². The first-order chi connectivity index (χ1) is 16.2. The van der Waals surface area contributed by atoms with Gasteiger partial charge in [0, 0.05) is 43.3 Å². The van der Waals surface area contributed by atoms with Gasteiger partial charge in [0.25, 0.3) is 0 Å². The molecule has 0 radical (unpaired) electrons. The zero-order chi connectivity index (χ0) is 24.3. The van der Waals surface area contributed by atoms with Crippen molar-refractivity contribution in [2.75, 3.05) is 13.1 Å². The molecule has 3 aromatic rings. The fourth-order valence-corrected chi connectivity index (χ4v) is 4.42. The van der Waals surface area contributed by atoms with E-state index in [-0.39, 0.29) is 12.7 Å². The number of ether oxygens (including phenoxy) is 1. The second-order valence-corrected chi connectivity index (χ2v) is 9.70. The Morgan fingerprint density at radius 3 is 2.41 bits per heavy atom. The van der Waals surface area contributed by atoms with Gasteiger partial charge in [-0.15, -0.1) is 0 Å². The standard InChI is InChI=1S/C27H33F3N2O2/c1-19(2)9-14-32-17-21(16-31-12-10-23(33)11-13-31)25-15-24(7-8-26(25)32)34-18-20-3-5-22(6-4-20)27(28,29)30/h3-8,15,17,19,23,33H,9-14,16,18H2,1-2H3. The summed E-state index contributed by atoms with van der Waals surface area (Å²) < 4.78 is 46.7. The molecule has 1 aromatic heterocycles. The van der Waals surface area contributed by atoms with Gasteiger partial charge in [0.1, 0.15) is 12.4 Å². The molecular formula is C27H33F3N2O2. The lowest BCUT2D eigenvalue weighted by atomic mass is 10.1. The lowest BCUT2D eigenvalue weighted by Gasteiger charge is -2.29. The normalized spacial score (nSPS) is 16.0. The van der Waals surface area contributed by atoms with Crippen LogP contribution in [0, 0.1) is 5.92 Å². The fourth-order valence-electron chi connectivity index (χ4n) is 4.42. The number of piperidine rings is 1. The smallest absolute Gasteiger partial charge is 0.416 e. The third-order valence-corrected chi connectivity index (χ3v) is 6.52. The largest absolute Gasteiger partial charge is 0.489 e. The van der Waals surface area contributed by atoms with Gasteiger partial charge in [0.15, 0.2) is 0 Å². The molecule has 1 N–H and O–H groups in total. The van der Waals surface area contributed by atoms with E-state index in [1.165, 1.54) is 17.7 Å². The van der Waals surface area contributed by atoms with Crippen LogP contribution in [0.2, 0.25) is 0 Å². The Morgan fingerprint density at radius 1 is 1.06 bits per heavy atom. The molecule has 1 saturated heterocycles. The van der Waals surface area contributed by atoms with Gasteiger partial charge in [-0.05, 0) is 66.6 Å². The molecular weight excluding hydrogens is 441 g/mol. The van der Waals surface area contributed by atoms with Crippen LogP contribution >= 0.6 is 0 Å². The molecule has 0 aliphatic carbocycles. The summed E-state index contributed by atoms with van der Waals surface area (Å²) in [6, 6.07) is 11.1. The van der Waals surface area contributed by atoms with E-state index in [4.69, 9.17) is 4.74 Å². The van der Waals surface area contributed by atoms with E-state index in [1.807, 2.05) is 12.1 Å². The van der Waals surface area contributed by atoms with Crippen molar-refractivity contribution in [3.05, 3.63) is 65.4 Å². The predicted octanol–water partition coefficient (Wildman–Crippen LogP) is 6.24. The molecule has 34 heavy (non-hydrogen) atoms. The Kier molecular flexibility index (Phi) is 7.53. The van der Waals surface area contributed by atoms with Crippen molar-refractivity contribution < 1.29 is 23.0 Å². The van der Waals surface area contributed by atoms with Crippen LogP contribution in [0.15, 0.2) is 48.7 Å². The second kappa shape index (κ2) is 10.4. The highest BCUT2D eigenvalue weighted by Gasteiger charge is 2.30. The van der Waals surface area contributed by atoms with Crippen LogP contribution in [0.4, 0.5) is 13.2 Å². The van der Waals surface area contributed by atoms with E-state index < -0.39 is 11.7 Å². The van der Waals surface area contributed by atoms with Crippen LogP contribution < -0.4 is 4.74 Å². The molecule has 1 fully saturated rings. The van der Waals surface area contributed by atoms with Gasteiger partial charge >= 0.3 is 6.18 Å². The first kappa shape index (κ1) is 24.6. The van der Waals surface area contributed by atoms with Crippen molar-refractivity contribution in [3.63, 3.8) is 0 Å². The maximum atomic E-state index is 12.8. The molecule has 7 heteroatoms. The number of aromatic nitrogens is 1. The minimum atomic E-state index is -4.34. The fraction of sp³-hybridized carbons (Fsp3) is 0.481. The molecule has 0 atom stereocenters. The summed E-state index contributed by atoms with van der Waals surface area (Å²) in [4.78, 5) is 2.38. The summed E-state index contributed by atoms with van der Waals surface area (Å²) in [7, 11) is 0. The molecule has 0 spiro atoms. The monoisotopic (exact) mass is 474 g/mol. The molecule has 0 amide bonds. The Hall–Kier alpha value is -2.51. The van der Waals surface area contributed by atoms with E-state index in [0.717, 1.165) is 68.5 Å². The first-order valence-corrected chi connectivity index (χ1v) is 12.0. The summed E-state index contributed by atoms with van der Waals surface area (Å²) in [6.45, 7) is 8.17. The Morgan fingerprint density at radius 2 is 1.76 bits per heavy atom. The number of hydrogen-bond donors (Lipinski definition) is 1. The molecule has 1 aliphatic heterocycles. The molecule has 0 saturated carbocycles. The van der Waals surface area contributed by atoms with Crippen molar-refractivity contribution in [1.82, 2.24) is 9.47 Å². The number of fused-ring (bicyclic) bond motifs is 1. The predicted molar refractivity (Wildman–Crippen MR) is 128 cm³/mol. The number of halogens is 3. The number of benzene rings is 2. The van der Waals surface area contributed by atoms with Crippen molar-refractivity contribution >= 4 is 10.9 Å². The number of rotatable bonds is 8. The van der Waals surface area contributed by atoms with E-state index in [0.29, 0.717) is 17.2 Å². The maximum absolute atomic E-state index is 12.8. The molecule has 4 nitrogen and oxygen atoms in total. The second-order valence-electron chi connectivity index (χ2n) is 9.70. The number of nitrogens with zero attached hydrogens (tertiary/aromatic N) is 2. The number of aliphatic hydroxyl groups is 1. The van der Waals surface area contributed by atoms with Gasteiger partial charge in [-0.25, -0.2) is 0 Å². The minimum Gasteiger partial charge on any atom is -0.489 e. The quantitative estimate of drug-likeness (QED) is 0.420. The number of aryl methyl sites for hydroxylation is 1. The third-order valence-electron chi connectivity index (χ3n) is 6.52. The van der Waals surface area contributed by atoms with Crippen molar-refractivity contribution in [2.24, 2.45) is 5.92 Å². The highest BCUT2D eigenvalue weighted by Crippen LogP contribution is 2.31. The van der Waals surface area contributed by atoms with Crippen LogP contribution in [0.25, 0.3) is 10.9 Å². The third kappa shape index (κ3) is 6.13. The topological polar surface area (TPSA) is 37.6 Å². The molecule has 4 rings (SSSR count). The highest BCUT2D eigenvalue weighted by atomic mass is 19.4. The average molecular weight is 475 g/mol. The van der Waals surface area contributed by atoms with Crippen LogP contribution in [0.1, 0.15) is 49.8 Å². The Balaban J connectivity index is 1.52. The van der Waals surface area contributed by atoms with E-state index in [1.54, 1.807) is 0 Å². The Labute approximate surface area is 198 Å². The maximum Gasteiger partial charge on any atom is 0.416 e. The number of hydrogen-bond acceptors (Lipinski definition) is 3. The summed E-state index contributed by atoms with van der Waals surface area (Å²) >= 11 is 0. The summed E-state index contributed by atoms with van der Waals surface area (Å²) in [6.07, 6.45) is 0.383.